The maximum atomic E-state index is 12.5. The number of H-pyrrole nitrogens is 1. The zero-order chi connectivity index (χ0) is 21.6. The average molecular weight is 435 g/mol. The van der Waals surface area contributed by atoms with Crippen molar-refractivity contribution in [2.75, 3.05) is 20.3 Å². The molecule has 0 saturated heterocycles. The van der Waals surface area contributed by atoms with E-state index in [-0.39, 0.29) is 18.4 Å². The molecule has 0 aliphatic carbocycles. The van der Waals surface area contributed by atoms with E-state index in [1.165, 1.54) is 0 Å². The van der Waals surface area contributed by atoms with Crippen LogP contribution in [0.25, 0.3) is 10.9 Å². The zero-order valence-electron chi connectivity index (χ0n) is 17.1. The largest absolute Gasteiger partial charge is 0.497 e. The molecule has 0 aliphatic rings. The molecule has 158 valence electrons. The number of halogens is 1. The molecular formula is C25H23ClN2O3. The number of carbonyl (C=O) groups is 1. The summed E-state index contributed by atoms with van der Waals surface area (Å²) in [6, 6.07) is 23.0. The Morgan fingerprint density at radius 1 is 1.00 bits per heavy atom. The zero-order valence-corrected chi connectivity index (χ0v) is 17.9. The second kappa shape index (κ2) is 9.58. The molecule has 0 radical (unpaired) electrons. The molecule has 6 heteroatoms. The number of aromatic nitrogens is 1. The Bertz CT molecular complexity index is 1150. The number of amides is 1. The van der Waals surface area contributed by atoms with Gasteiger partial charge in [0.1, 0.15) is 11.5 Å². The van der Waals surface area contributed by atoms with Gasteiger partial charge >= 0.3 is 0 Å². The van der Waals surface area contributed by atoms with Crippen molar-refractivity contribution >= 4 is 28.4 Å². The van der Waals surface area contributed by atoms with E-state index in [0.717, 1.165) is 27.8 Å². The maximum Gasteiger partial charge on any atom is 0.257 e. The summed E-state index contributed by atoms with van der Waals surface area (Å²) < 4.78 is 10.8. The lowest BCUT2D eigenvalue weighted by molar-refractivity contribution is -0.123. The normalized spacial score (nSPS) is 11.8. The third-order valence-corrected chi connectivity index (χ3v) is 5.45. The second-order valence-corrected chi connectivity index (χ2v) is 7.60. The average Bonchev–Trinajstić information content (AvgIpc) is 3.23. The first-order valence-corrected chi connectivity index (χ1v) is 10.4. The Morgan fingerprint density at radius 2 is 1.71 bits per heavy atom. The summed E-state index contributed by atoms with van der Waals surface area (Å²) in [5, 5.41) is 4.77. The van der Waals surface area contributed by atoms with Gasteiger partial charge in [-0.3, -0.25) is 4.79 Å². The van der Waals surface area contributed by atoms with Gasteiger partial charge in [-0.15, -0.1) is 0 Å². The highest BCUT2D eigenvalue weighted by molar-refractivity contribution is 6.30. The molecule has 31 heavy (non-hydrogen) atoms. The molecule has 0 spiro atoms. The first-order valence-electron chi connectivity index (χ1n) is 9.99. The van der Waals surface area contributed by atoms with Crippen molar-refractivity contribution < 1.29 is 14.3 Å². The molecule has 5 nitrogen and oxygen atoms in total. The van der Waals surface area contributed by atoms with Crippen molar-refractivity contribution in [2.45, 2.75) is 5.92 Å². The van der Waals surface area contributed by atoms with E-state index >= 15 is 0 Å². The topological polar surface area (TPSA) is 63.4 Å². The lowest BCUT2D eigenvalue weighted by Gasteiger charge is -2.19. The molecule has 2 N–H and O–H groups in total. The smallest absolute Gasteiger partial charge is 0.257 e. The summed E-state index contributed by atoms with van der Waals surface area (Å²) in [6.45, 7) is 0.377. The first kappa shape index (κ1) is 20.8. The minimum atomic E-state index is -0.187. The molecule has 4 rings (SSSR count). The molecule has 1 unspecified atom stereocenters. The number of hydrogen-bond acceptors (Lipinski definition) is 3. The number of rotatable bonds is 8. The Hall–Kier alpha value is -3.44. The van der Waals surface area contributed by atoms with E-state index in [4.69, 9.17) is 21.1 Å². The molecular weight excluding hydrogens is 412 g/mol. The summed E-state index contributed by atoms with van der Waals surface area (Å²) in [7, 11) is 1.65. The van der Waals surface area contributed by atoms with Gasteiger partial charge in [-0.25, -0.2) is 0 Å². The van der Waals surface area contributed by atoms with Gasteiger partial charge < -0.3 is 19.8 Å². The lowest BCUT2D eigenvalue weighted by atomic mass is 9.91. The lowest BCUT2D eigenvalue weighted by Crippen LogP contribution is -2.32. The van der Waals surface area contributed by atoms with Crippen LogP contribution in [0.2, 0.25) is 5.02 Å². The van der Waals surface area contributed by atoms with Crippen LogP contribution in [0.15, 0.2) is 79.0 Å². The van der Waals surface area contributed by atoms with Crippen molar-refractivity contribution in [1.29, 1.82) is 0 Å². The van der Waals surface area contributed by atoms with Crippen molar-refractivity contribution in [1.82, 2.24) is 10.3 Å². The minimum Gasteiger partial charge on any atom is -0.497 e. The number of methoxy groups -OCH3 is 1. The van der Waals surface area contributed by atoms with E-state index in [1.54, 1.807) is 31.4 Å². The van der Waals surface area contributed by atoms with Crippen molar-refractivity contribution in [3.05, 3.63) is 95.1 Å². The van der Waals surface area contributed by atoms with Gasteiger partial charge in [0.2, 0.25) is 0 Å². The Balaban J connectivity index is 1.50. The van der Waals surface area contributed by atoms with Crippen LogP contribution in [0.4, 0.5) is 0 Å². The van der Waals surface area contributed by atoms with Gasteiger partial charge in [-0.1, -0.05) is 41.9 Å². The van der Waals surface area contributed by atoms with Gasteiger partial charge in [0.25, 0.3) is 5.91 Å². The number of ether oxygens (including phenoxy) is 2. The van der Waals surface area contributed by atoms with Crippen LogP contribution in [0.1, 0.15) is 17.0 Å². The van der Waals surface area contributed by atoms with Crippen LogP contribution in [0, 0.1) is 0 Å². The van der Waals surface area contributed by atoms with Crippen molar-refractivity contribution in [3.63, 3.8) is 0 Å². The van der Waals surface area contributed by atoms with Gasteiger partial charge in [0, 0.05) is 34.6 Å². The molecule has 0 saturated carbocycles. The molecule has 1 heterocycles. The Kier molecular flexibility index (Phi) is 6.43. The maximum absolute atomic E-state index is 12.5. The fourth-order valence-electron chi connectivity index (χ4n) is 3.57. The van der Waals surface area contributed by atoms with Crippen molar-refractivity contribution in [2.24, 2.45) is 0 Å². The SMILES string of the molecule is COc1ccc(C(CNC(=O)COc2ccc(Cl)cc2)c2c[nH]c3ccccc23)cc1. The molecule has 0 aliphatic heterocycles. The minimum absolute atomic E-state index is 0.0264. The second-order valence-electron chi connectivity index (χ2n) is 7.16. The standard InChI is InChI=1S/C25H23ClN2O3/c1-30-19-10-6-17(7-11-19)22(23-15-27-24-5-3-2-4-21(23)24)14-28-25(29)16-31-20-12-8-18(26)9-13-20/h2-13,15,22,27H,14,16H2,1H3,(H,28,29). The highest BCUT2D eigenvalue weighted by Gasteiger charge is 2.19. The number of hydrogen-bond donors (Lipinski definition) is 2. The number of benzene rings is 3. The molecule has 1 amide bonds. The number of carbonyl (C=O) groups excluding carboxylic acids is 1. The van der Waals surface area contributed by atoms with E-state index < -0.39 is 0 Å². The van der Waals surface area contributed by atoms with E-state index in [1.807, 2.05) is 48.7 Å². The third kappa shape index (κ3) is 5.01. The summed E-state index contributed by atoms with van der Waals surface area (Å²) in [6.07, 6.45) is 2.01. The van der Waals surface area contributed by atoms with Crippen molar-refractivity contribution in [3.8, 4) is 11.5 Å². The van der Waals surface area contributed by atoms with Crippen LogP contribution in [-0.4, -0.2) is 31.2 Å². The van der Waals surface area contributed by atoms with Gasteiger partial charge in [-0.2, -0.15) is 0 Å². The summed E-state index contributed by atoms with van der Waals surface area (Å²) in [5.74, 6) is 1.18. The molecule has 1 atom stereocenters. The summed E-state index contributed by atoms with van der Waals surface area (Å²) in [4.78, 5) is 15.8. The first-order chi connectivity index (χ1) is 15.1. The highest BCUT2D eigenvalue weighted by atomic mass is 35.5. The van der Waals surface area contributed by atoms with E-state index in [2.05, 4.69) is 16.4 Å². The monoisotopic (exact) mass is 434 g/mol. The highest BCUT2D eigenvalue weighted by Crippen LogP contribution is 2.31. The predicted octanol–water partition coefficient (Wildman–Crippen LogP) is 5.16. The van der Waals surface area contributed by atoms with Crippen LogP contribution in [0.3, 0.4) is 0 Å². The predicted molar refractivity (Wildman–Crippen MR) is 123 cm³/mol. The van der Waals surface area contributed by atoms with Crippen LogP contribution in [-0.2, 0) is 4.79 Å². The molecule has 3 aromatic carbocycles. The third-order valence-electron chi connectivity index (χ3n) is 5.20. The summed E-state index contributed by atoms with van der Waals surface area (Å²) in [5.41, 5.74) is 3.28. The number of aromatic amines is 1. The Morgan fingerprint density at radius 3 is 2.45 bits per heavy atom. The fourth-order valence-corrected chi connectivity index (χ4v) is 3.70. The molecule has 4 aromatic rings. The Labute approximate surface area is 186 Å². The quantitative estimate of drug-likeness (QED) is 0.402. The van der Waals surface area contributed by atoms with E-state index in [0.29, 0.717) is 17.3 Å². The van der Waals surface area contributed by atoms with Crippen LogP contribution < -0.4 is 14.8 Å². The number of nitrogens with one attached hydrogen (secondary N) is 2. The van der Waals surface area contributed by atoms with E-state index in [9.17, 15) is 4.79 Å². The summed E-state index contributed by atoms with van der Waals surface area (Å²) >= 11 is 5.88. The van der Waals surface area contributed by atoms with Crippen LogP contribution in [0.5, 0.6) is 11.5 Å². The molecule has 1 aromatic heterocycles. The van der Waals surface area contributed by atoms with Gasteiger partial charge in [0.15, 0.2) is 6.61 Å². The molecule has 0 bridgehead atoms. The number of para-hydroxylation sites is 1. The van der Waals surface area contributed by atoms with Gasteiger partial charge in [-0.05, 0) is 53.6 Å². The fraction of sp³-hybridized carbons (Fsp3) is 0.160. The van der Waals surface area contributed by atoms with Crippen LogP contribution >= 0.6 is 11.6 Å². The molecule has 0 fully saturated rings. The number of fused-ring (bicyclic) bond motifs is 1. The van der Waals surface area contributed by atoms with Gasteiger partial charge in [0.05, 0.1) is 7.11 Å².